The zero-order chi connectivity index (χ0) is 25.4. The minimum atomic E-state index is -0.576. The SMILES string of the molecule is C=CCN(CCCc1ccccc1OC)CCCC1(c2ccc(F)cc2)OCC2CC(C#N)=CC=C21. The van der Waals surface area contributed by atoms with Crippen LogP contribution in [0, 0.1) is 23.1 Å². The van der Waals surface area contributed by atoms with Crippen LogP contribution in [0.3, 0.4) is 0 Å². The molecule has 1 fully saturated rings. The third kappa shape index (κ3) is 5.78. The number of benzene rings is 2. The van der Waals surface area contributed by atoms with E-state index in [4.69, 9.17) is 9.47 Å². The van der Waals surface area contributed by atoms with Gasteiger partial charge in [-0.1, -0.05) is 42.5 Å². The Morgan fingerprint density at radius 3 is 2.69 bits per heavy atom. The zero-order valence-electron chi connectivity index (χ0n) is 21.1. The van der Waals surface area contributed by atoms with Crippen molar-refractivity contribution in [3.63, 3.8) is 0 Å². The van der Waals surface area contributed by atoms with Gasteiger partial charge in [0.15, 0.2) is 0 Å². The van der Waals surface area contributed by atoms with Crippen molar-refractivity contribution < 1.29 is 13.9 Å². The molecule has 1 saturated heterocycles. The molecule has 0 saturated carbocycles. The number of ether oxygens (including phenoxy) is 2. The van der Waals surface area contributed by atoms with Crippen LogP contribution in [-0.2, 0) is 16.8 Å². The van der Waals surface area contributed by atoms with Crippen molar-refractivity contribution >= 4 is 0 Å². The van der Waals surface area contributed by atoms with Crippen molar-refractivity contribution in [2.75, 3.05) is 33.4 Å². The number of hydrogen-bond acceptors (Lipinski definition) is 4. The molecule has 4 nitrogen and oxygen atoms in total. The Balaban J connectivity index is 1.44. The Kier molecular flexibility index (Phi) is 8.74. The van der Waals surface area contributed by atoms with Crippen molar-refractivity contribution in [2.24, 2.45) is 5.92 Å². The highest BCUT2D eigenvalue weighted by molar-refractivity contribution is 5.44. The maximum Gasteiger partial charge on any atom is 0.123 e. The van der Waals surface area contributed by atoms with Crippen LogP contribution in [0.4, 0.5) is 4.39 Å². The lowest BCUT2D eigenvalue weighted by atomic mass is 9.75. The molecule has 36 heavy (non-hydrogen) atoms. The van der Waals surface area contributed by atoms with Crippen molar-refractivity contribution in [3.8, 4) is 11.8 Å². The van der Waals surface area contributed by atoms with Gasteiger partial charge >= 0.3 is 0 Å². The second kappa shape index (κ2) is 12.2. The van der Waals surface area contributed by atoms with E-state index in [9.17, 15) is 9.65 Å². The lowest BCUT2D eigenvalue weighted by Gasteiger charge is -2.33. The summed E-state index contributed by atoms with van der Waals surface area (Å²) in [5, 5.41) is 9.36. The second-order valence-electron chi connectivity index (χ2n) is 9.58. The minimum Gasteiger partial charge on any atom is -0.496 e. The van der Waals surface area contributed by atoms with Gasteiger partial charge in [0.25, 0.3) is 0 Å². The molecule has 1 aliphatic carbocycles. The van der Waals surface area contributed by atoms with Crippen LogP contribution in [-0.4, -0.2) is 38.3 Å². The van der Waals surface area contributed by atoms with E-state index in [1.807, 2.05) is 36.4 Å². The number of nitriles is 1. The number of aryl methyl sites for hydroxylation is 1. The molecule has 0 radical (unpaired) electrons. The predicted octanol–water partition coefficient (Wildman–Crippen LogP) is 6.36. The van der Waals surface area contributed by atoms with E-state index in [0.29, 0.717) is 13.0 Å². The number of fused-ring (bicyclic) bond motifs is 1. The largest absolute Gasteiger partial charge is 0.496 e. The number of para-hydroxylation sites is 1. The van der Waals surface area contributed by atoms with Gasteiger partial charge in [-0.3, -0.25) is 4.90 Å². The predicted molar refractivity (Wildman–Crippen MR) is 141 cm³/mol. The summed E-state index contributed by atoms with van der Waals surface area (Å²) in [6.07, 6.45) is 10.4. The second-order valence-corrected chi connectivity index (χ2v) is 9.58. The lowest BCUT2D eigenvalue weighted by molar-refractivity contribution is 0.00751. The smallest absolute Gasteiger partial charge is 0.123 e. The molecule has 1 aliphatic heterocycles. The molecule has 0 bridgehead atoms. The summed E-state index contributed by atoms with van der Waals surface area (Å²) in [6, 6.07) is 17.2. The lowest BCUT2D eigenvalue weighted by Crippen LogP contribution is -2.32. The van der Waals surface area contributed by atoms with Crippen molar-refractivity contribution in [2.45, 2.75) is 37.7 Å². The van der Waals surface area contributed by atoms with Crippen molar-refractivity contribution in [3.05, 3.63) is 101 Å². The van der Waals surface area contributed by atoms with E-state index in [1.54, 1.807) is 7.11 Å². The van der Waals surface area contributed by atoms with E-state index < -0.39 is 5.60 Å². The van der Waals surface area contributed by atoms with Gasteiger partial charge in [0.2, 0.25) is 0 Å². The molecule has 2 aliphatic rings. The van der Waals surface area contributed by atoms with Gasteiger partial charge in [-0.2, -0.15) is 5.26 Å². The van der Waals surface area contributed by atoms with E-state index >= 15 is 0 Å². The van der Waals surface area contributed by atoms with Gasteiger partial charge in [0, 0.05) is 18.0 Å². The van der Waals surface area contributed by atoms with Crippen LogP contribution in [0.5, 0.6) is 5.75 Å². The fourth-order valence-electron chi connectivity index (χ4n) is 5.55. The molecule has 2 atom stereocenters. The molecule has 0 N–H and O–H groups in total. The van der Waals surface area contributed by atoms with Gasteiger partial charge in [0.05, 0.1) is 19.8 Å². The number of hydrogen-bond donors (Lipinski definition) is 0. The number of allylic oxidation sites excluding steroid dienone is 3. The van der Waals surface area contributed by atoms with Crippen LogP contribution in [0.1, 0.15) is 36.8 Å². The maximum absolute atomic E-state index is 13.7. The molecule has 0 aromatic heterocycles. The molecule has 1 heterocycles. The standard InChI is InChI=1S/C31H35FN2O2/c1-3-18-34(19-6-9-25-8-4-5-10-30(25)35-2)20-7-17-31(27-12-14-28(32)15-13-27)29-16-11-24(22-33)21-26(29)23-36-31/h3-5,8,10-16,26H,1,6-7,9,17-21,23H2,2H3. The summed E-state index contributed by atoms with van der Waals surface area (Å²) >= 11 is 0. The molecule has 2 aromatic rings. The van der Waals surface area contributed by atoms with Crippen molar-refractivity contribution in [1.29, 1.82) is 5.26 Å². The fourth-order valence-corrected chi connectivity index (χ4v) is 5.55. The third-order valence-corrected chi connectivity index (χ3v) is 7.33. The van der Waals surface area contributed by atoms with Crippen LogP contribution < -0.4 is 4.74 Å². The Bertz CT molecular complexity index is 1150. The first-order chi connectivity index (χ1) is 17.6. The molecule has 2 unspecified atom stereocenters. The molecule has 2 aromatic carbocycles. The molecule has 5 heteroatoms. The summed E-state index contributed by atoms with van der Waals surface area (Å²) < 4.78 is 25.8. The summed E-state index contributed by atoms with van der Waals surface area (Å²) in [4.78, 5) is 2.43. The first-order valence-electron chi connectivity index (χ1n) is 12.8. The van der Waals surface area contributed by atoms with E-state index in [-0.39, 0.29) is 11.7 Å². The van der Waals surface area contributed by atoms with Crippen LogP contribution in [0.25, 0.3) is 0 Å². The fraction of sp³-hybridized carbons (Fsp3) is 0.387. The van der Waals surface area contributed by atoms with Crippen molar-refractivity contribution in [1.82, 2.24) is 4.90 Å². The third-order valence-electron chi connectivity index (χ3n) is 7.33. The molecule has 0 amide bonds. The number of rotatable bonds is 12. The monoisotopic (exact) mass is 486 g/mol. The molecular formula is C31H35FN2O2. The number of methoxy groups -OCH3 is 1. The van der Waals surface area contributed by atoms with Gasteiger partial charge < -0.3 is 9.47 Å². The number of nitrogens with zero attached hydrogens (tertiary/aromatic N) is 2. The first kappa shape index (κ1) is 25.9. The summed E-state index contributed by atoms with van der Waals surface area (Å²) in [7, 11) is 1.72. The van der Waals surface area contributed by atoms with Gasteiger partial charge in [-0.05, 0) is 86.2 Å². The average Bonchev–Trinajstić information content (AvgIpc) is 3.28. The number of halogens is 1. The van der Waals surface area contributed by atoms with Crippen LogP contribution in [0.15, 0.2) is 84.5 Å². The van der Waals surface area contributed by atoms with Gasteiger partial charge in [-0.15, -0.1) is 6.58 Å². The average molecular weight is 487 g/mol. The highest BCUT2D eigenvalue weighted by Gasteiger charge is 2.46. The van der Waals surface area contributed by atoms with Crippen LogP contribution >= 0.6 is 0 Å². The van der Waals surface area contributed by atoms with E-state index in [0.717, 1.165) is 62.2 Å². The quantitative estimate of drug-likeness (QED) is 0.328. The maximum atomic E-state index is 13.7. The first-order valence-corrected chi connectivity index (χ1v) is 12.8. The normalized spacial score (nSPS) is 20.9. The Hall–Kier alpha value is -3.20. The minimum absolute atomic E-state index is 0.194. The Labute approximate surface area is 214 Å². The Morgan fingerprint density at radius 2 is 1.94 bits per heavy atom. The molecule has 188 valence electrons. The Morgan fingerprint density at radius 1 is 1.17 bits per heavy atom. The van der Waals surface area contributed by atoms with E-state index in [2.05, 4.69) is 35.8 Å². The van der Waals surface area contributed by atoms with Gasteiger partial charge in [0.1, 0.15) is 17.2 Å². The molecule has 0 spiro atoms. The van der Waals surface area contributed by atoms with Crippen LogP contribution in [0.2, 0.25) is 0 Å². The zero-order valence-corrected chi connectivity index (χ0v) is 21.1. The highest BCUT2D eigenvalue weighted by atomic mass is 19.1. The summed E-state index contributed by atoms with van der Waals surface area (Å²) in [6.45, 7) is 7.25. The topological polar surface area (TPSA) is 45.5 Å². The molecule has 4 rings (SSSR count). The molecular weight excluding hydrogens is 451 g/mol. The summed E-state index contributed by atoms with van der Waals surface area (Å²) in [5.74, 6) is 0.885. The highest BCUT2D eigenvalue weighted by Crippen LogP contribution is 2.50. The van der Waals surface area contributed by atoms with E-state index in [1.165, 1.54) is 23.3 Å². The summed E-state index contributed by atoms with van der Waals surface area (Å²) in [5.41, 5.74) is 3.63. The van der Waals surface area contributed by atoms with Gasteiger partial charge in [-0.25, -0.2) is 4.39 Å².